The number of ether oxygens (including phenoxy) is 1. The number of hydrogen-bond donors (Lipinski definition) is 1. The molecule has 0 saturated carbocycles. The van der Waals surface area contributed by atoms with Gasteiger partial charge in [-0.1, -0.05) is 30.8 Å². The predicted molar refractivity (Wildman–Crippen MR) is 131 cm³/mol. The molecule has 2 fully saturated rings. The fourth-order valence-corrected chi connectivity index (χ4v) is 4.29. The first kappa shape index (κ1) is 24.6. The summed E-state index contributed by atoms with van der Waals surface area (Å²) in [7, 11) is 0. The third-order valence-electron chi connectivity index (χ3n) is 6.41. The summed E-state index contributed by atoms with van der Waals surface area (Å²) in [5.74, 6) is 0.634. The number of benzene rings is 1. The first-order chi connectivity index (χ1) is 16.9. The van der Waals surface area contributed by atoms with E-state index < -0.39 is 18.3 Å². The smallest absolute Gasteiger partial charge is 0.416 e. The van der Waals surface area contributed by atoms with Gasteiger partial charge in [0.2, 0.25) is 11.9 Å². The van der Waals surface area contributed by atoms with Crippen LogP contribution >= 0.6 is 0 Å². The molecular formula is C25H31FN6O3. The number of alkyl halides is 1. The number of rotatable bonds is 8. The van der Waals surface area contributed by atoms with Gasteiger partial charge in [0, 0.05) is 38.9 Å². The maximum absolute atomic E-state index is 13.9. The van der Waals surface area contributed by atoms with Crippen LogP contribution in [0.15, 0.2) is 49.2 Å². The molecular weight excluding hydrogens is 451 g/mol. The van der Waals surface area contributed by atoms with E-state index in [4.69, 9.17) is 4.74 Å². The van der Waals surface area contributed by atoms with Gasteiger partial charge in [-0.05, 0) is 37.1 Å². The van der Waals surface area contributed by atoms with Crippen LogP contribution in [0.25, 0.3) is 0 Å². The minimum atomic E-state index is -1.25. The van der Waals surface area contributed by atoms with Crippen LogP contribution in [0.1, 0.15) is 31.0 Å². The number of carbonyl (C=O) groups is 2. The van der Waals surface area contributed by atoms with Crippen molar-refractivity contribution >= 4 is 23.8 Å². The van der Waals surface area contributed by atoms with Gasteiger partial charge >= 0.3 is 6.09 Å². The number of anilines is 2. The average Bonchev–Trinajstić information content (AvgIpc) is 3.26. The molecule has 0 radical (unpaired) electrons. The van der Waals surface area contributed by atoms with E-state index in [0.717, 1.165) is 25.2 Å². The lowest BCUT2D eigenvalue weighted by Gasteiger charge is -2.34. The van der Waals surface area contributed by atoms with E-state index in [2.05, 4.69) is 51.0 Å². The largest absolute Gasteiger partial charge is 0.447 e. The SMILES string of the molecule is C=CC(=O)N1CCN(Cc2ccc([C@H](C)Nc3nccc(N4C(=O)OC[C@@H]4[C@@H](C)F)n3)cc2)CC1. The number of amides is 2. The zero-order valence-electron chi connectivity index (χ0n) is 20.1. The normalized spacial score (nSPS) is 20.3. The van der Waals surface area contributed by atoms with Crippen LogP contribution in [0, 0.1) is 0 Å². The second kappa shape index (κ2) is 10.8. The molecule has 3 heterocycles. The summed E-state index contributed by atoms with van der Waals surface area (Å²) in [5, 5.41) is 3.25. The number of aromatic nitrogens is 2. The van der Waals surface area contributed by atoms with Crippen LogP contribution in [-0.2, 0) is 16.1 Å². The van der Waals surface area contributed by atoms with Crippen LogP contribution in [0.3, 0.4) is 0 Å². The summed E-state index contributed by atoms with van der Waals surface area (Å²) in [6.45, 7) is 10.9. The maximum atomic E-state index is 13.9. The lowest BCUT2D eigenvalue weighted by Crippen LogP contribution is -2.47. The Balaban J connectivity index is 1.35. The highest BCUT2D eigenvalue weighted by atomic mass is 19.1. The third-order valence-corrected chi connectivity index (χ3v) is 6.41. The highest BCUT2D eigenvalue weighted by molar-refractivity contribution is 5.89. The van der Waals surface area contributed by atoms with E-state index in [-0.39, 0.29) is 18.6 Å². The Hall–Kier alpha value is -3.53. The van der Waals surface area contributed by atoms with Gasteiger partial charge in [0.15, 0.2) is 0 Å². The predicted octanol–water partition coefficient (Wildman–Crippen LogP) is 3.16. The molecule has 3 atom stereocenters. The Bertz CT molecular complexity index is 1060. The lowest BCUT2D eigenvalue weighted by molar-refractivity contribution is -0.127. The van der Waals surface area contributed by atoms with Gasteiger partial charge in [-0.15, -0.1) is 0 Å². The van der Waals surface area contributed by atoms with Gasteiger partial charge < -0.3 is 15.0 Å². The Morgan fingerprint density at radius 1 is 1.23 bits per heavy atom. The molecule has 0 bridgehead atoms. The van der Waals surface area contributed by atoms with E-state index in [9.17, 15) is 14.0 Å². The second-order valence-corrected chi connectivity index (χ2v) is 8.84. The van der Waals surface area contributed by atoms with Crippen molar-refractivity contribution in [3.63, 3.8) is 0 Å². The minimum absolute atomic E-state index is 0.00531. The van der Waals surface area contributed by atoms with Crippen molar-refractivity contribution in [1.29, 1.82) is 0 Å². The molecule has 10 heteroatoms. The molecule has 0 spiro atoms. The van der Waals surface area contributed by atoms with Gasteiger partial charge in [0.1, 0.15) is 24.6 Å². The maximum Gasteiger partial charge on any atom is 0.416 e. The fourth-order valence-electron chi connectivity index (χ4n) is 4.29. The summed E-state index contributed by atoms with van der Waals surface area (Å²) in [5.41, 5.74) is 2.25. The van der Waals surface area contributed by atoms with Crippen LogP contribution in [0.2, 0.25) is 0 Å². The summed E-state index contributed by atoms with van der Waals surface area (Å²) in [6.07, 6.45) is 1.05. The summed E-state index contributed by atoms with van der Waals surface area (Å²) in [6, 6.07) is 9.09. The molecule has 1 aromatic carbocycles. The molecule has 9 nitrogen and oxygen atoms in total. The zero-order valence-corrected chi connectivity index (χ0v) is 20.1. The molecule has 2 saturated heterocycles. The highest BCUT2D eigenvalue weighted by Gasteiger charge is 2.39. The van der Waals surface area contributed by atoms with Crippen molar-refractivity contribution in [3.8, 4) is 0 Å². The van der Waals surface area contributed by atoms with E-state index in [1.807, 2.05) is 11.8 Å². The first-order valence-corrected chi connectivity index (χ1v) is 11.8. The first-order valence-electron chi connectivity index (χ1n) is 11.8. The molecule has 2 aromatic rings. The lowest BCUT2D eigenvalue weighted by atomic mass is 10.1. The van der Waals surface area contributed by atoms with Crippen molar-refractivity contribution in [1.82, 2.24) is 19.8 Å². The Labute approximate surface area is 204 Å². The molecule has 186 valence electrons. The monoisotopic (exact) mass is 482 g/mol. The molecule has 0 unspecified atom stereocenters. The van der Waals surface area contributed by atoms with Crippen molar-refractivity contribution in [2.45, 2.75) is 38.6 Å². The summed E-state index contributed by atoms with van der Waals surface area (Å²) in [4.78, 5) is 37.9. The van der Waals surface area contributed by atoms with Crippen LogP contribution in [-0.4, -0.2) is 76.8 Å². The van der Waals surface area contributed by atoms with Crippen molar-refractivity contribution < 1.29 is 18.7 Å². The summed E-state index contributed by atoms with van der Waals surface area (Å²) >= 11 is 0. The summed E-state index contributed by atoms with van der Waals surface area (Å²) < 4.78 is 18.9. The van der Waals surface area contributed by atoms with Gasteiger partial charge in [0.05, 0.1) is 6.04 Å². The second-order valence-electron chi connectivity index (χ2n) is 8.84. The van der Waals surface area contributed by atoms with Gasteiger partial charge in [-0.3, -0.25) is 14.6 Å². The van der Waals surface area contributed by atoms with Gasteiger partial charge in [-0.2, -0.15) is 4.98 Å². The standard InChI is InChI=1S/C25H31FN6O3/c1-4-23(33)31-13-11-30(12-14-31)15-19-5-7-20(8-6-19)18(3)28-24-27-10-9-22(29-24)32-21(17(2)26)16-35-25(32)34/h4-10,17-18,21H,1,11-16H2,2-3H3,(H,27,28,29)/t17-,18+,21-/m1/s1. The van der Waals surface area contributed by atoms with Crippen molar-refractivity contribution in [2.24, 2.45) is 0 Å². The minimum Gasteiger partial charge on any atom is -0.447 e. The van der Waals surface area contributed by atoms with E-state index in [0.29, 0.717) is 24.9 Å². The van der Waals surface area contributed by atoms with Crippen LogP contribution in [0.5, 0.6) is 0 Å². The number of nitrogens with one attached hydrogen (secondary N) is 1. The number of piperazine rings is 1. The van der Waals surface area contributed by atoms with E-state index >= 15 is 0 Å². The highest BCUT2D eigenvalue weighted by Crippen LogP contribution is 2.26. The van der Waals surface area contributed by atoms with Crippen LogP contribution < -0.4 is 10.2 Å². The third kappa shape index (κ3) is 5.76. The van der Waals surface area contributed by atoms with E-state index in [1.54, 1.807) is 6.07 Å². The average molecular weight is 483 g/mol. The van der Waals surface area contributed by atoms with Crippen molar-refractivity contribution in [3.05, 3.63) is 60.3 Å². The number of halogens is 1. The molecule has 2 aliphatic heterocycles. The fraction of sp³-hybridized carbons (Fsp3) is 0.440. The van der Waals surface area contributed by atoms with Crippen molar-refractivity contribution in [2.75, 3.05) is 43.0 Å². The van der Waals surface area contributed by atoms with Crippen LogP contribution in [0.4, 0.5) is 21.0 Å². The van der Waals surface area contributed by atoms with Gasteiger partial charge in [-0.25, -0.2) is 14.2 Å². The molecule has 2 amide bonds. The Kier molecular flexibility index (Phi) is 7.60. The van der Waals surface area contributed by atoms with Gasteiger partial charge in [0.25, 0.3) is 0 Å². The van der Waals surface area contributed by atoms with E-state index in [1.165, 1.54) is 29.7 Å². The number of hydrogen-bond acceptors (Lipinski definition) is 7. The molecule has 0 aliphatic carbocycles. The zero-order chi connectivity index (χ0) is 24.9. The Morgan fingerprint density at radius 2 is 1.94 bits per heavy atom. The number of cyclic esters (lactones) is 1. The molecule has 1 N–H and O–H groups in total. The molecule has 2 aliphatic rings. The molecule has 1 aromatic heterocycles. The molecule has 35 heavy (non-hydrogen) atoms. The number of nitrogens with zero attached hydrogens (tertiary/aromatic N) is 5. The molecule has 4 rings (SSSR count). The number of carbonyl (C=O) groups excluding carboxylic acids is 2. The topological polar surface area (TPSA) is 90.9 Å². The Morgan fingerprint density at radius 3 is 2.60 bits per heavy atom. The quantitative estimate of drug-likeness (QED) is 0.578.